The first-order valence-electron chi connectivity index (χ1n) is 5.61. The first kappa shape index (κ1) is 11.9. The van der Waals surface area contributed by atoms with Crippen LogP contribution in [0.5, 0.6) is 5.75 Å². The lowest BCUT2D eigenvalue weighted by Crippen LogP contribution is -2.07. The molecule has 0 saturated heterocycles. The Bertz CT molecular complexity index is 376. The van der Waals surface area contributed by atoms with E-state index in [0.717, 1.165) is 17.2 Å². The van der Waals surface area contributed by atoms with Crippen LogP contribution in [0.2, 0.25) is 0 Å². The third-order valence-electron chi connectivity index (χ3n) is 3.32. The first-order valence-corrected chi connectivity index (χ1v) is 6.52. The molecule has 0 aliphatic heterocycles. The maximum absolute atomic E-state index is 13.2. The fourth-order valence-electron chi connectivity index (χ4n) is 2.06. The van der Waals surface area contributed by atoms with E-state index in [2.05, 4.69) is 22.9 Å². The van der Waals surface area contributed by atoms with Crippen molar-refractivity contribution >= 4 is 15.9 Å². The van der Waals surface area contributed by atoms with Crippen LogP contribution in [-0.4, -0.2) is 7.11 Å². The van der Waals surface area contributed by atoms with E-state index in [1.807, 2.05) is 0 Å². The summed E-state index contributed by atoms with van der Waals surface area (Å²) >= 11 is 3.67. The molecule has 0 radical (unpaired) electrons. The molecule has 1 aromatic carbocycles. The number of benzene rings is 1. The van der Waals surface area contributed by atoms with E-state index in [-0.39, 0.29) is 10.6 Å². The smallest absolute Gasteiger partial charge is 0.123 e. The number of alkyl halides is 1. The Kier molecular flexibility index (Phi) is 3.53. The van der Waals surface area contributed by atoms with Gasteiger partial charge in [0.05, 0.1) is 7.11 Å². The number of methoxy groups -OCH3 is 1. The van der Waals surface area contributed by atoms with Gasteiger partial charge in [-0.15, -0.1) is 0 Å². The minimum absolute atomic E-state index is 0.172. The molecule has 3 heteroatoms. The molecule has 1 fully saturated rings. The Morgan fingerprint density at radius 2 is 2.12 bits per heavy atom. The third-order valence-corrected chi connectivity index (χ3v) is 4.64. The molecular weight excluding hydrogens is 271 g/mol. The van der Waals surface area contributed by atoms with Gasteiger partial charge in [0.25, 0.3) is 0 Å². The molecule has 16 heavy (non-hydrogen) atoms. The van der Waals surface area contributed by atoms with Gasteiger partial charge < -0.3 is 4.74 Å². The van der Waals surface area contributed by atoms with Crippen LogP contribution < -0.4 is 4.74 Å². The summed E-state index contributed by atoms with van der Waals surface area (Å²) in [5.74, 6) is 1.85. The van der Waals surface area contributed by atoms with Crippen LogP contribution in [0.1, 0.15) is 30.2 Å². The summed E-state index contributed by atoms with van der Waals surface area (Å²) in [5, 5.41) is 0. The Labute approximate surface area is 104 Å². The van der Waals surface area contributed by atoms with Crippen LogP contribution >= 0.6 is 15.9 Å². The monoisotopic (exact) mass is 286 g/mol. The standard InChI is InChI=1S/C13H16BrFO/c1-8(9-3-4-9)13(14)11-7-10(15)5-6-12(11)16-2/h5-9,13H,3-4H2,1-2H3. The summed E-state index contributed by atoms with van der Waals surface area (Å²) in [4.78, 5) is 0.172. The Hall–Kier alpha value is -0.570. The molecule has 0 aromatic heterocycles. The predicted octanol–water partition coefficient (Wildman–Crippen LogP) is 4.32. The number of hydrogen-bond donors (Lipinski definition) is 0. The molecule has 2 rings (SSSR count). The van der Waals surface area contributed by atoms with E-state index in [0.29, 0.717) is 5.92 Å². The highest BCUT2D eigenvalue weighted by atomic mass is 79.9. The largest absolute Gasteiger partial charge is 0.496 e. The second-order valence-electron chi connectivity index (χ2n) is 4.48. The van der Waals surface area contributed by atoms with Crippen molar-refractivity contribution < 1.29 is 9.13 Å². The lowest BCUT2D eigenvalue weighted by atomic mass is 9.96. The summed E-state index contributed by atoms with van der Waals surface area (Å²) in [6.45, 7) is 2.21. The van der Waals surface area contributed by atoms with Crippen LogP contribution in [0, 0.1) is 17.7 Å². The Morgan fingerprint density at radius 3 is 2.69 bits per heavy atom. The molecule has 0 spiro atoms. The van der Waals surface area contributed by atoms with Gasteiger partial charge in [0, 0.05) is 10.4 Å². The van der Waals surface area contributed by atoms with Gasteiger partial charge in [-0.1, -0.05) is 22.9 Å². The van der Waals surface area contributed by atoms with Gasteiger partial charge in [-0.2, -0.15) is 0 Å². The minimum atomic E-state index is -0.205. The zero-order valence-corrected chi connectivity index (χ0v) is 11.1. The van der Waals surface area contributed by atoms with Crippen LogP contribution in [0.15, 0.2) is 18.2 Å². The average Bonchev–Trinajstić information content (AvgIpc) is 3.11. The lowest BCUT2D eigenvalue weighted by molar-refractivity contribution is 0.400. The zero-order chi connectivity index (χ0) is 11.7. The van der Waals surface area contributed by atoms with Crippen LogP contribution in [0.4, 0.5) is 4.39 Å². The Balaban J connectivity index is 2.26. The molecule has 2 atom stereocenters. The van der Waals surface area contributed by atoms with Crippen molar-refractivity contribution in [1.82, 2.24) is 0 Å². The molecule has 88 valence electrons. The average molecular weight is 287 g/mol. The van der Waals surface area contributed by atoms with Gasteiger partial charge in [0.15, 0.2) is 0 Å². The SMILES string of the molecule is COc1ccc(F)cc1C(Br)C(C)C1CC1. The van der Waals surface area contributed by atoms with Crippen molar-refractivity contribution in [3.05, 3.63) is 29.6 Å². The fourth-order valence-corrected chi connectivity index (χ4v) is 2.85. The zero-order valence-electron chi connectivity index (χ0n) is 9.54. The van der Waals surface area contributed by atoms with Crippen molar-refractivity contribution in [2.45, 2.75) is 24.6 Å². The van der Waals surface area contributed by atoms with E-state index < -0.39 is 0 Å². The van der Waals surface area contributed by atoms with Crippen LogP contribution in [0.25, 0.3) is 0 Å². The summed E-state index contributed by atoms with van der Waals surface area (Å²) in [5.41, 5.74) is 0.918. The minimum Gasteiger partial charge on any atom is -0.496 e. The van der Waals surface area contributed by atoms with Gasteiger partial charge >= 0.3 is 0 Å². The maximum atomic E-state index is 13.2. The summed E-state index contributed by atoms with van der Waals surface area (Å²) in [7, 11) is 1.62. The quantitative estimate of drug-likeness (QED) is 0.749. The molecule has 1 aliphatic carbocycles. The molecular formula is C13H16BrFO. The first-order chi connectivity index (χ1) is 7.63. The van der Waals surface area contributed by atoms with Gasteiger partial charge in [0.2, 0.25) is 0 Å². The third kappa shape index (κ3) is 2.40. The molecule has 1 saturated carbocycles. The summed E-state index contributed by atoms with van der Waals surface area (Å²) in [6, 6.07) is 4.69. The second kappa shape index (κ2) is 4.74. The van der Waals surface area contributed by atoms with E-state index >= 15 is 0 Å². The van der Waals surface area contributed by atoms with E-state index in [1.165, 1.54) is 18.9 Å². The molecule has 1 aliphatic rings. The lowest BCUT2D eigenvalue weighted by Gasteiger charge is -2.20. The summed E-state index contributed by atoms with van der Waals surface area (Å²) in [6.07, 6.45) is 2.59. The van der Waals surface area contributed by atoms with Crippen molar-refractivity contribution in [3.8, 4) is 5.75 Å². The highest BCUT2D eigenvalue weighted by molar-refractivity contribution is 9.09. The number of ether oxygens (including phenoxy) is 1. The van der Waals surface area contributed by atoms with E-state index in [4.69, 9.17) is 4.74 Å². The van der Waals surface area contributed by atoms with Gasteiger partial charge in [0.1, 0.15) is 11.6 Å². The van der Waals surface area contributed by atoms with E-state index in [9.17, 15) is 4.39 Å². The van der Waals surface area contributed by atoms with Gasteiger partial charge in [-0.25, -0.2) is 4.39 Å². The number of halogens is 2. The highest BCUT2D eigenvalue weighted by Gasteiger charge is 2.33. The van der Waals surface area contributed by atoms with Crippen LogP contribution in [0.3, 0.4) is 0 Å². The summed E-state index contributed by atoms with van der Waals surface area (Å²) < 4.78 is 18.5. The van der Waals surface area contributed by atoms with Gasteiger partial charge in [-0.05, 0) is 42.9 Å². The molecule has 0 amide bonds. The van der Waals surface area contributed by atoms with Gasteiger partial charge in [-0.3, -0.25) is 0 Å². The fraction of sp³-hybridized carbons (Fsp3) is 0.538. The van der Waals surface area contributed by atoms with Crippen molar-refractivity contribution in [2.24, 2.45) is 11.8 Å². The van der Waals surface area contributed by atoms with Crippen LogP contribution in [-0.2, 0) is 0 Å². The van der Waals surface area contributed by atoms with Crippen molar-refractivity contribution in [1.29, 1.82) is 0 Å². The topological polar surface area (TPSA) is 9.23 Å². The Morgan fingerprint density at radius 1 is 1.44 bits per heavy atom. The molecule has 1 nitrogen and oxygen atoms in total. The number of hydrogen-bond acceptors (Lipinski definition) is 1. The second-order valence-corrected chi connectivity index (χ2v) is 5.47. The maximum Gasteiger partial charge on any atom is 0.123 e. The molecule has 0 N–H and O–H groups in total. The predicted molar refractivity (Wildman–Crippen MR) is 66.5 cm³/mol. The molecule has 0 bridgehead atoms. The van der Waals surface area contributed by atoms with Crippen molar-refractivity contribution in [2.75, 3.05) is 7.11 Å². The molecule has 0 heterocycles. The normalized spacial score (nSPS) is 19.2. The van der Waals surface area contributed by atoms with E-state index in [1.54, 1.807) is 19.2 Å². The number of rotatable bonds is 4. The van der Waals surface area contributed by atoms with Crippen molar-refractivity contribution in [3.63, 3.8) is 0 Å². The molecule has 1 aromatic rings. The highest BCUT2D eigenvalue weighted by Crippen LogP contribution is 2.48. The molecule has 2 unspecified atom stereocenters.